The van der Waals surface area contributed by atoms with Crippen molar-refractivity contribution in [1.82, 2.24) is 9.55 Å². The monoisotopic (exact) mass is 370 g/mol. The Morgan fingerprint density at radius 3 is 2.81 bits per heavy atom. The molecule has 0 bridgehead atoms. The highest BCUT2D eigenvalue weighted by Gasteiger charge is 2.25. The van der Waals surface area contributed by atoms with Crippen molar-refractivity contribution in [1.29, 1.82) is 5.26 Å². The third-order valence-corrected chi connectivity index (χ3v) is 5.97. The maximum atomic E-state index is 14.1. The normalized spacial score (nSPS) is 22.7. The van der Waals surface area contributed by atoms with Crippen molar-refractivity contribution in [2.24, 2.45) is 11.8 Å². The molecule has 2 aromatic rings. The molecule has 2 unspecified atom stereocenters. The standard InChI is InChI=1S/C19H19FN4OS/c20-15-12-26-17-16(15)22-19(23-8-4-1-5-9-23)24(18(17)25)11-14-7-3-2-6-13(14)10-21/h2-3,6-7,12-14H,1,4-5,8-9,11H2. The second kappa shape index (κ2) is 7.04. The molecule has 134 valence electrons. The highest BCUT2D eigenvalue weighted by atomic mass is 32.1. The molecule has 3 heterocycles. The van der Waals surface area contributed by atoms with Crippen LogP contribution >= 0.6 is 11.3 Å². The highest BCUT2D eigenvalue weighted by molar-refractivity contribution is 7.17. The average Bonchev–Trinajstić information content (AvgIpc) is 3.06. The van der Waals surface area contributed by atoms with Crippen molar-refractivity contribution >= 4 is 27.5 Å². The van der Waals surface area contributed by atoms with Gasteiger partial charge < -0.3 is 4.90 Å². The van der Waals surface area contributed by atoms with E-state index in [0.717, 1.165) is 43.7 Å². The minimum absolute atomic E-state index is 0.102. The second-order valence-electron chi connectivity index (χ2n) is 6.73. The molecule has 0 spiro atoms. The maximum absolute atomic E-state index is 14.1. The molecular weight excluding hydrogens is 351 g/mol. The molecule has 1 aliphatic heterocycles. The van der Waals surface area contributed by atoms with Crippen LogP contribution in [0.1, 0.15) is 19.3 Å². The fraction of sp³-hybridized carbons (Fsp3) is 0.421. The number of allylic oxidation sites excluding steroid dienone is 4. The smallest absolute Gasteiger partial charge is 0.273 e. The van der Waals surface area contributed by atoms with E-state index >= 15 is 0 Å². The molecule has 7 heteroatoms. The van der Waals surface area contributed by atoms with Crippen LogP contribution in [0.4, 0.5) is 10.3 Å². The number of fused-ring (bicyclic) bond motifs is 1. The molecule has 2 atom stereocenters. The lowest BCUT2D eigenvalue weighted by Gasteiger charge is -2.31. The van der Waals surface area contributed by atoms with Gasteiger partial charge >= 0.3 is 0 Å². The topological polar surface area (TPSA) is 61.9 Å². The Bertz CT molecular complexity index is 978. The highest BCUT2D eigenvalue weighted by Crippen LogP contribution is 2.27. The zero-order valence-corrected chi connectivity index (χ0v) is 15.1. The molecule has 0 amide bonds. The number of aromatic nitrogens is 2. The lowest BCUT2D eigenvalue weighted by Crippen LogP contribution is -2.37. The maximum Gasteiger partial charge on any atom is 0.273 e. The first-order valence-electron chi connectivity index (χ1n) is 8.86. The minimum Gasteiger partial charge on any atom is -0.342 e. The quantitative estimate of drug-likeness (QED) is 0.830. The van der Waals surface area contributed by atoms with Crippen LogP contribution in [0.15, 0.2) is 34.5 Å². The van der Waals surface area contributed by atoms with Crippen LogP contribution in [0.25, 0.3) is 10.2 Å². The van der Waals surface area contributed by atoms with Crippen molar-refractivity contribution < 1.29 is 4.39 Å². The molecule has 26 heavy (non-hydrogen) atoms. The van der Waals surface area contributed by atoms with E-state index in [2.05, 4.69) is 16.0 Å². The lowest BCUT2D eigenvalue weighted by molar-refractivity contribution is 0.453. The number of anilines is 1. The van der Waals surface area contributed by atoms with E-state index < -0.39 is 5.82 Å². The number of nitrogens with zero attached hydrogens (tertiary/aromatic N) is 4. The summed E-state index contributed by atoms with van der Waals surface area (Å²) in [6.45, 7) is 1.99. The number of nitriles is 1. The predicted molar refractivity (Wildman–Crippen MR) is 101 cm³/mol. The molecule has 0 saturated carbocycles. The van der Waals surface area contributed by atoms with E-state index in [1.165, 1.54) is 5.38 Å². The zero-order chi connectivity index (χ0) is 18.1. The Balaban J connectivity index is 1.82. The van der Waals surface area contributed by atoms with E-state index in [1.54, 1.807) is 4.57 Å². The number of hydrogen-bond donors (Lipinski definition) is 0. The largest absolute Gasteiger partial charge is 0.342 e. The first-order valence-corrected chi connectivity index (χ1v) is 9.74. The zero-order valence-electron chi connectivity index (χ0n) is 14.3. The van der Waals surface area contributed by atoms with Crippen LogP contribution in [0.2, 0.25) is 0 Å². The molecule has 2 aromatic heterocycles. The number of rotatable bonds is 3. The molecule has 0 aromatic carbocycles. The molecule has 5 nitrogen and oxygen atoms in total. The van der Waals surface area contributed by atoms with Crippen molar-refractivity contribution in [3.63, 3.8) is 0 Å². The number of piperidine rings is 1. The van der Waals surface area contributed by atoms with Gasteiger partial charge in [0.1, 0.15) is 10.2 Å². The van der Waals surface area contributed by atoms with Gasteiger partial charge in [-0.3, -0.25) is 9.36 Å². The molecule has 1 aliphatic carbocycles. The Labute approximate surface area is 154 Å². The summed E-state index contributed by atoms with van der Waals surface area (Å²) in [6, 6.07) is 2.29. The number of halogens is 1. The van der Waals surface area contributed by atoms with Crippen molar-refractivity contribution in [3.05, 3.63) is 45.9 Å². The summed E-state index contributed by atoms with van der Waals surface area (Å²) >= 11 is 1.09. The molecule has 2 aliphatic rings. The van der Waals surface area contributed by atoms with Gasteiger partial charge in [0.05, 0.1) is 12.0 Å². The molecule has 0 N–H and O–H groups in total. The van der Waals surface area contributed by atoms with Crippen molar-refractivity contribution in [2.45, 2.75) is 25.8 Å². The van der Waals surface area contributed by atoms with Gasteiger partial charge in [-0.1, -0.05) is 24.3 Å². The van der Waals surface area contributed by atoms with Gasteiger partial charge in [0.2, 0.25) is 5.95 Å². The van der Waals surface area contributed by atoms with Gasteiger partial charge in [-0.25, -0.2) is 9.37 Å². The summed E-state index contributed by atoms with van der Waals surface area (Å²) in [4.78, 5) is 19.7. The lowest BCUT2D eigenvalue weighted by atomic mass is 9.89. The summed E-state index contributed by atoms with van der Waals surface area (Å²) in [5.41, 5.74) is -0.0585. The Kier molecular flexibility index (Phi) is 4.60. The second-order valence-corrected chi connectivity index (χ2v) is 7.60. The molecular formula is C19H19FN4OS. The van der Waals surface area contributed by atoms with Crippen LogP contribution in [0.5, 0.6) is 0 Å². The predicted octanol–water partition coefficient (Wildman–Crippen LogP) is 3.47. The Morgan fingerprint density at radius 1 is 1.27 bits per heavy atom. The molecule has 4 rings (SSSR count). The van der Waals surface area contributed by atoms with Crippen molar-refractivity contribution in [2.75, 3.05) is 18.0 Å². The minimum atomic E-state index is -0.442. The number of hydrogen-bond acceptors (Lipinski definition) is 5. The van der Waals surface area contributed by atoms with Crippen LogP contribution in [0.3, 0.4) is 0 Å². The van der Waals surface area contributed by atoms with Crippen LogP contribution in [-0.2, 0) is 6.54 Å². The van der Waals surface area contributed by atoms with Crippen LogP contribution in [0, 0.1) is 29.0 Å². The third kappa shape index (κ3) is 2.95. The third-order valence-electron chi connectivity index (χ3n) is 5.04. The van der Waals surface area contributed by atoms with Gasteiger partial charge in [-0.15, -0.1) is 11.3 Å². The van der Waals surface area contributed by atoms with Gasteiger partial charge in [0.15, 0.2) is 5.82 Å². The van der Waals surface area contributed by atoms with Gasteiger partial charge in [-0.05, 0) is 19.3 Å². The van der Waals surface area contributed by atoms with Gasteiger partial charge in [0, 0.05) is 30.9 Å². The van der Waals surface area contributed by atoms with Gasteiger partial charge in [0.25, 0.3) is 5.56 Å². The SMILES string of the molecule is N#CC1C=CC=CC1Cn1c(N2CCCCC2)nc2c(F)csc2c1=O. The fourth-order valence-electron chi connectivity index (χ4n) is 3.64. The summed E-state index contributed by atoms with van der Waals surface area (Å²) in [5, 5.41) is 10.7. The molecule has 1 fully saturated rings. The van der Waals surface area contributed by atoms with E-state index in [9.17, 15) is 14.4 Å². The first-order chi connectivity index (χ1) is 12.7. The fourth-order valence-corrected chi connectivity index (χ4v) is 4.44. The number of thiophene rings is 1. The van der Waals surface area contributed by atoms with E-state index in [1.807, 2.05) is 24.3 Å². The summed E-state index contributed by atoms with van der Waals surface area (Å²) in [7, 11) is 0. The van der Waals surface area contributed by atoms with Crippen LogP contribution < -0.4 is 10.5 Å². The van der Waals surface area contributed by atoms with Crippen molar-refractivity contribution in [3.8, 4) is 6.07 Å². The summed E-state index contributed by atoms with van der Waals surface area (Å²) in [5.74, 6) is -0.297. The van der Waals surface area contributed by atoms with E-state index in [0.29, 0.717) is 17.2 Å². The Hall–Kier alpha value is -2.46. The first kappa shape index (κ1) is 17.0. The Morgan fingerprint density at radius 2 is 2.04 bits per heavy atom. The summed E-state index contributed by atoms with van der Waals surface area (Å²) < 4.78 is 16.1. The van der Waals surface area contributed by atoms with Crippen LogP contribution in [-0.4, -0.2) is 22.6 Å². The van der Waals surface area contributed by atoms with Gasteiger partial charge in [-0.2, -0.15) is 5.26 Å². The average molecular weight is 370 g/mol. The molecule has 1 saturated heterocycles. The van der Waals surface area contributed by atoms with E-state index in [4.69, 9.17) is 0 Å². The van der Waals surface area contributed by atoms with E-state index in [-0.39, 0.29) is 22.9 Å². The molecule has 0 radical (unpaired) electrons. The summed E-state index contributed by atoms with van der Waals surface area (Å²) in [6.07, 6.45) is 10.8.